The minimum atomic E-state index is -0.652. The smallest absolute Gasteiger partial charge is 0.434 e. The fourth-order valence-electron chi connectivity index (χ4n) is 3.06. The molecule has 0 bridgehead atoms. The van der Waals surface area contributed by atoms with Crippen molar-refractivity contribution in [2.24, 2.45) is 5.92 Å². The fourth-order valence-corrected chi connectivity index (χ4v) is 3.95. The second-order valence-electron chi connectivity index (χ2n) is 5.94. The molecular weight excluding hydrogens is 348 g/mol. The van der Waals surface area contributed by atoms with E-state index in [4.69, 9.17) is 14.2 Å². The average Bonchev–Trinajstić information content (AvgIpc) is 2.76. The van der Waals surface area contributed by atoms with Crippen molar-refractivity contribution in [3.63, 3.8) is 0 Å². The largest absolute Gasteiger partial charge is 0.509 e. The first kappa shape index (κ1) is 15.6. The lowest BCUT2D eigenvalue weighted by atomic mass is 9.87. The molecular formula is C17H19BrO4. The zero-order valence-electron chi connectivity index (χ0n) is 12.7. The molecule has 4 nitrogen and oxygen atoms in total. The number of hydrogen-bond acceptors (Lipinski definition) is 4. The molecule has 1 saturated heterocycles. The van der Waals surface area contributed by atoms with Crippen LogP contribution in [0, 0.1) is 5.92 Å². The minimum Gasteiger partial charge on any atom is -0.434 e. The third-order valence-electron chi connectivity index (χ3n) is 4.50. The van der Waals surface area contributed by atoms with Crippen molar-refractivity contribution in [3.05, 3.63) is 46.0 Å². The Morgan fingerprint density at radius 2 is 2.09 bits per heavy atom. The molecule has 22 heavy (non-hydrogen) atoms. The molecule has 1 fully saturated rings. The van der Waals surface area contributed by atoms with E-state index in [-0.39, 0.29) is 12.0 Å². The highest BCUT2D eigenvalue weighted by molar-refractivity contribution is 9.11. The van der Waals surface area contributed by atoms with Gasteiger partial charge in [-0.25, -0.2) is 4.79 Å². The van der Waals surface area contributed by atoms with E-state index in [1.54, 1.807) is 0 Å². The summed E-state index contributed by atoms with van der Waals surface area (Å²) in [5.41, 5.74) is 1.56. The second kappa shape index (κ2) is 6.05. The maximum atomic E-state index is 11.6. The number of cyclic esters (lactones) is 1. The molecule has 0 amide bonds. The summed E-state index contributed by atoms with van der Waals surface area (Å²) in [7, 11) is 0. The lowest BCUT2D eigenvalue weighted by Crippen LogP contribution is -2.47. The van der Waals surface area contributed by atoms with Gasteiger partial charge in [0.25, 0.3) is 0 Å². The predicted octanol–water partition coefficient (Wildman–Crippen LogP) is 4.19. The van der Waals surface area contributed by atoms with E-state index in [9.17, 15) is 4.79 Å². The Bertz CT molecular complexity index is 598. The van der Waals surface area contributed by atoms with Crippen molar-refractivity contribution in [2.75, 3.05) is 6.61 Å². The summed E-state index contributed by atoms with van der Waals surface area (Å²) in [5, 5.41) is 0. The van der Waals surface area contributed by atoms with Gasteiger partial charge in [-0.05, 0) is 18.1 Å². The van der Waals surface area contributed by atoms with Crippen LogP contribution in [0.1, 0.15) is 25.8 Å². The van der Waals surface area contributed by atoms with E-state index in [1.807, 2.05) is 44.2 Å². The molecule has 0 unspecified atom stereocenters. The summed E-state index contributed by atoms with van der Waals surface area (Å²) < 4.78 is 17.5. The standard InChI is InChI=1S/C17H19BrO4/c1-11-9-21-16(19)22-17(11)8-14(12(2)15(17)18)20-10-13-6-4-3-5-7-13/h3-7,11,14H,8-10H2,1-2H3/t11-,14+,17+/m1/s1. The van der Waals surface area contributed by atoms with Crippen LogP contribution < -0.4 is 0 Å². The summed E-state index contributed by atoms with van der Waals surface area (Å²) in [6.45, 7) is 4.95. The van der Waals surface area contributed by atoms with Gasteiger partial charge in [0.15, 0.2) is 5.60 Å². The highest BCUT2D eigenvalue weighted by Gasteiger charge is 2.53. The van der Waals surface area contributed by atoms with Gasteiger partial charge in [0, 0.05) is 16.8 Å². The number of ether oxygens (including phenoxy) is 3. The average molecular weight is 367 g/mol. The SMILES string of the molecule is CC1=C(Br)[C@@]2(C[C@@H]1OCc1ccccc1)OC(=O)OC[C@H]2C. The number of carbonyl (C=O) groups is 1. The number of carbonyl (C=O) groups excluding carboxylic acids is 1. The number of hydrogen-bond donors (Lipinski definition) is 0. The molecule has 5 heteroatoms. The van der Waals surface area contributed by atoms with Crippen molar-refractivity contribution >= 4 is 22.1 Å². The summed E-state index contributed by atoms with van der Waals surface area (Å²) in [5.74, 6) is 0.0832. The topological polar surface area (TPSA) is 44.8 Å². The van der Waals surface area contributed by atoms with Gasteiger partial charge in [-0.3, -0.25) is 0 Å². The third kappa shape index (κ3) is 2.68. The summed E-state index contributed by atoms with van der Waals surface area (Å²) >= 11 is 3.62. The van der Waals surface area contributed by atoms with E-state index in [0.29, 0.717) is 19.6 Å². The molecule has 0 N–H and O–H groups in total. The molecule has 1 aromatic carbocycles. The van der Waals surface area contributed by atoms with Crippen molar-refractivity contribution in [1.82, 2.24) is 0 Å². The second-order valence-corrected chi connectivity index (χ2v) is 6.73. The molecule has 1 aliphatic carbocycles. The Morgan fingerprint density at radius 1 is 1.36 bits per heavy atom. The van der Waals surface area contributed by atoms with E-state index >= 15 is 0 Å². The van der Waals surface area contributed by atoms with Crippen molar-refractivity contribution < 1.29 is 19.0 Å². The molecule has 1 aromatic rings. The van der Waals surface area contributed by atoms with Crippen LogP contribution in [-0.4, -0.2) is 24.5 Å². The Balaban J connectivity index is 1.75. The molecule has 2 aliphatic rings. The van der Waals surface area contributed by atoms with Crippen LogP contribution in [0.4, 0.5) is 4.79 Å². The molecule has 1 heterocycles. The van der Waals surface area contributed by atoms with E-state index < -0.39 is 11.8 Å². The maximum Gasteiger partial charge on any atom is 0.509 e. The molecule has 3 rings (SSSR count). The van der Waals surface area contributed by atoms with Crippen LogP contribution in [-0.2, 0) is 20.8 Å². The van der Waals surface area contributed by atoms with Crippen LogP contribution in [0.3, 0.4) is 0 Å². The molecule has 1 aliphatic heterocycles. The van der Waals surface area contributed by atoms with Crippen molar-refractivity contribution in [1.29, 1.82) is 0 Å². The first-order valence-corrected chi connectivity index (χ1v) is 8.20. The quantitative estimate of drug-likeness (QED) is 0.752. The van der Waals surface area contributed by atoms with Crippen LogP contribution in [0.2, 0.25) is 0 Å². The first-order valence-electron chi connectivity index (χ1n) is 7.41. The van der Waals surface area contributed by atoms with E-state index in [0.717, 1.165) is 15.6 Å². The Labute approximate surface area is 138 Å². The van der Waals surface area contributed by atoms with Gasteiger partial charge in [-0.15, -0.1) is 0 Å². The van der Waals surface area contributed by atoms with Gasteiger partial charge in [0.2, 0.25) is 0 Å². The lowest BCUT2D eigenvalue weighted by molar-refractivity contribution is -0.107. The van der Waals surface area contributed by atoms with Gasteiger partial charge in [-0.2, -0.15) is 0 Å². The number of halogens is 1. The zero-order chi connectivity index (χ0) is 15.7. The molecule has 1 spiro atoms. The summed E-state index contributed by atoms with van der Waals surface area (Å²) in [4.78, 5) is 11.6. The van der Waals surface area contributed by atoms with Gasteiger partial charge in [-0.1, -0.05) is 53.2 Å². The summed E-state index contributed by atoms with van der Waals surface area (Å²) in [6.07, 6.45) is -0.0443. The molecule has 0 aromatic heterocycles. The molecule has 0 saturated carbocycles. The van der Waals surface area contributed by atoms with E-state index in [1.165, 1.54) is 0 Å². The Morgan fingerprint density at radius 3 is 2.82 bits per heavy atom. The van der Waals surface area contributed by atoms with Gasteiger partial charge in [0.05, 0.1) is 12.7 Å². The molecule has 3 atom stereocenters. The number of rotatable bonds is 3. The summed E-state index contributed by atoms with van der Waals surface area (Å²) in [6, 6.07) is 10.1. The van der Waals surface area contributed by atoms with Gasteiger partial charge in [0.1, 0.15) is 6.61 Å². The van der Waals surface area contributed by atoms with Crippen molar-refractivity contribution in [3.8, 4) is 0 Å². The van der Waals surface area contributed by atoms with Crippen molar-refractivity contribution in [2.45, 2.75) is 38.6 Å². The first-order chi connectivity index (χ1) is 10.5. The van der Waals surface area contributed by atoms with Crippen LogP contribution in [0.15, 0.2) is 40.4 Å². The van der Waals surface area contributed by atoms with Crippen LogP contribution in [0.5, 0.6) is 0 Å². The molecule has 0 radical (unpaired) electrons. The normalized spacial score (nSPS) is 31.3. The number of benzene rings is 1. The van der Waals surface area contributed by atoms with Crippen LogP contribution in [0.25, 0.3) is 0 Å². The van der Waals surface area contributed by atoms with Gasteiger partial charge < -0.3 is 14.2 Å². The Hall–Kier alpha value is -1.33. The monoisotopic (exact) mass is 366 g/mol. The predicted molar refractivity (Wildman–Crippen MR) is 85.6 cm³/mol. The Kier molecular flexibility index (Phi) is 4.28. The van der Waals surface area contributed by atoms with Crippen LogP contribution >= 0.6 is 15.9 Å². The fraction of sp³-hybridized carbons (Fsp3) is 0.471. The third-order valence-corrected chi connectivity index (χ3v) is 5.79. The highest BCUT2D eigenvalue weighted by atomic mass is 79.9. The minimum absolute atomic E-state index is 0.0667. The zero-order valence-corrected chi connectivity index (χ0v) is 14.3. The lowest BCUT2D eigenvalue weighted by Gasteiger charge is -2.39. The van der Waals surface area contributed by atoms with Gasteiger partial charge >= 0.3 is 6.16 Å². The molecule has 118 valence electrons. The maximum absolute atomic E-state index is 11.6. The van der Waals surface area contributed by atoms with E-state index in [2.05, 4.69) is 15.9 Å². The highest BCUT2D eigenvalue weighted by Crippen LogP contribution is 2.49.